The van der Waals surface area contributed by atoms with Gasteiger partial charge in [0.1, 0.15) is 0 Å². The Kier molecular flexibility index (Phi) is 3.99. The van der Waals surface area contributed by atoms with E-state index in [1.54, 1.807) is 24.3 Å². The highest BCUT2D eigenvalue weighted by Crippen LogP contribution is 2.33. The van der Waals surface area contributed by atoms with Crippen LogP contribution in [-0.2, 0) is 6.18 Å². The average molecular weight is 357 g/mol. The highest BCUT2D eigenvalue weighted by molar-refractivity contribution is 7.20. The predicted octanol–water partition coefficient (Wildman–Crippen LogP) is 5.22. The normalized spacial score (nSPS) is 11.7. The summed E-state index contributed by atoms with van der Waals surface area (Å²) in [6.45, 7) is 0. The van der Waals surface area contributed by atoms with Crippen LogP contribution in [0.4, 0.5) is 18.9 Å². The molecular formula is C15H8ClF3N2OS. The van der Waals surface area contributed by atoms with E-state index in [1.807, 2.05) is 0 Å². The molecule has 23 heavy (non-hydrogen) atoms. The topological polar surface area (TPSA) is 42.0 Å². The molecule has 1 aromatic carbocycles. The molecule has 0 aliphatic heterocycles. The van der Waals surface area contributed by atoms with Gasteiger partial charge in [0.15, 0.2) is 0 Å². The number of carbonyl (C=O) groups is 1. The minimum absolute atomic E-state index is 0.279. The van der Waals surface area contributed by atoms with Crippen molar-refractivity contribution in [2.75, 3.05) is 5.32 Å². The maximum atomic E-state index is 12.7. The number of fused-ring (bicyclic) bond motifs is 1. The zero-order chi connectivity index (χ0) is 16.6. The van der Waals surface area contributed by atoms with Crippen LogP contribution < -0.4 is 5.32 Å². The Hall–Kier alpha value is -2.12. The number of rotatable bonds is 2. The molecule has 3 nitrogen and oxygen atoms in total. The Morgan fingerprint density at radius 3 is 2.52 bits per heavy atom. The molecule has 2 aromatic heterocycles. The second-order valence-electron chi connectivity index (χ2n) is 4.68. The number of anilines is 1. The first-order valence-corrected chi connectivity index (χ1v) is 7.56. The van der Waals surface area contributed by atoms with Gasteiger partial charge in [-0.05, 0) is 36.4 Å². The van der Waals surface area contributed by atoms with Crippen LogP contribution in [0.3, 0.4) is 0 Å². The molecule has 0 saturated carbocycles. The van der Waals surface area contributed by atoms with Gasteiger partial charge >= 0.3 is 6.18 Å². The Balaban J connectivity index is 1.87. The van der Waals surface area contributed by atoms with Crippen LogP contribution in [0.5, 0.6) is 0 Å². The summed E-state index contributed by atoms with van der Waals surface area (Å²) in [4.78, 5) is 16.2. The van der Waals surface area contributed by atoms with E-state index in [0.717, 1.165) is 23.6 Å². The summed E-state index contributed by atoms with van der Waals surface area (Å²) in [5, 5.41) is 3.19. The fraction of sp³-hybridized carbons (Fsp3) is 0.0667. The summed E-state index contributed by atoms with van der Waals surface area (Å²) in [5.74, 6) is -0.413. The fourth-order valence-corrected chi connectivity index (χ4v) is 2.99. The largest absolute Gasteiger partial charge is 0.417 e. The van der Waals surface area contributed by atoms with Gasteiger partial charge in [0.2, 0.25) is 0 Å². The molecule has 0 bridgehead atoms. The first kappa shape index (κ1) is 15.8. The molecule has 3 rings (SSSR count). The average Bonchev–Trinajstić information content (AvgIpc) is 2.92. The number of hydrogen-bond acceptors (Lipinski definition) is 3. The van der Waals surface area contributed by atoms with E-state index in [0.29, 0.717) is 20.9 Å². The van der Waals surface area contributed by atoms with E-state index >= 15 is 0 Å². The maximum absolute atomic E-state index is 12.7. The lowest BCUT2D eigenvalue weighted by Crippen LogP contribution is -2.09. The van der Waals surface area contributed by atoms with Gasteiger partial charge in [0, 0.05) is 16.9 Å². The number of alkyl halides is 3. The van der Waals surface area contributed by atoms with Crippen molar-refractivity contribution in [1.82, 2.24) is 4.98 Å². The van der Waals surface area contributed by atoms with Gasteiger partial charge in [0.05, 0.1) is 20.7 Å². The Labute approximate surface area is 137 Å². The number of hydrogen-bond donors (Lipinski definition) is 1. The van der Waals surface area contributed by atoms with Crippen molar-refractivity contribution in [3.8, 4) is 0 Å². The van der Waals surface area contributed by atoms with Crippen molar-refractivity contribution >= 4 is 44.7 Å². The Bertz CT molecular complexity index is 875. The molecule has 0 fully saturated rings. The van der Waals surface area contributed by atoms with Gasteiger partial charge in [-0.3, -0.25) is 9.78 Å². The van der Waals surface area contributed by atoms with Crippen molar-refractivity contribution in [2.45, 2.75) is 6.18 Å². The van der Waals surface area contributed by atoms with E-state index < -0.39 is 17.6 Å². The lowest BCUT2D eigenvalue weighted by atomic mass is 10.2. The molecule has 0 radical (unpaired) electrons. The standard InChI is InChI=1S/C15H8ClF3N2OS/c16-9-1-3-10(4-2-9)21-14(22)13-6-11-12(23-13)5-8(7-20-11)15(17,18)19/h1-7H,(H,21,22). The number of pyridine rings is 1. The van der Waals surface area contributed by atoms with Gasteiger partial charge in [-0.2, -0.15) is 13.2 Å². The number of aromatic nitrogens is 1. The third-order valence-electron chi connectivity index (χ3n) is 3.02. The van der Waals surface area contributed by atoms with Crippen molar-refractivity contribution in [2.24, 2.45) is 0 Å². The summed E-state index contributed by atoms with van der Waals surface area (Å²) in [6, 6.07) is 8.97. The highest BCUT2D eigenvalue weighted by Gasteiger charge is 2.31. The number of amides is 1. The predicted molar refractivity (Wildman–Crippen MR) is 84.0 cm³/mol. The molecule has 0 spiro atoms. The van der Waals surface area contributed by atoms with E-state index in [9.17, 15) is 18.0 Å². The van der Waals surface area contributed by atoms with Crippen LogP contribution in [0, 0.1) is 0 Å². The molecule has 0 aliphatic rings. The molecule has 118 valence electrons. The highest BCUT2D eigenvalue weighted by atomic mass is 35.5. The van der Waals surface area contributed by atoms with Crippen molar-refractivity contribution < 1.29 is 18.0 Å². The maximum Gasteiger partial charge on any atom is 0.417 e. The van der Waals surface area contributed by atoms with Crippen LogP contribution in [0.1, 0.15) is 15.2 Å². The van der Waals surface area contributed by atoms with Gasteiger partial charge in [0.25, 0.3) is 5.91 Å². The molecule has 0 atom stereocenters. The van der Waals surface area contributed by atoms with Crippen LogP contribution in [0.2, 0.25) is 5.02 Å². The number of carbonyl (C=O) groups excluding carboxylic acids is 1. The number of nitrogens with one attached hydrogen (secondary N) is 1. The van der Waals surface area contributed by atoms with Gasteiger partial charge in [-0.15, -0.1) is 11.3 Å². The molecule has 1 N–H and O–H groups in total. The van der Waals surface area contributed by atoms with Gasteiger partial charge in [-0.1, -0.05) is 11.6 Å². The van der Waals surface area contributed by atoms with E-state index in [-0.39, 0.29) is 4.88 Å². The number of thiophene rings is 1. The number of nitrogens with zero attached hydrogens (tertiary/aromatic N) is 1. The van der Waals surface area contributed by atoms with Gasteiger partial charge in [-0.25, -0.2) is 0 Å². The molecule has 0 saturated heterocycles. The minimum atomic E-state index is -4.46. The molecule has 2 heterocycles. The van der Waals surface area contributed by atoms with Crippen LogP contribution in [-0.4, -0.2) is 10.9 Å². The molecular weight excluding hydrogens is 349 g/mol. The molecule has 3 aromatic rings. The Morgan fingerprint density at radius 2 is 1.87 bits per heavy atom. The monoisotopic (exact) mass is 356 g/mol. The zero-order valence-corrected chi connectivity index (χ0v) is 12.9. The number of benzene rings is 1. The van der Waals surface area contributed by atoms with E-state index in [2.05, 4.69) is 10.3 Å². The first-order chi connectivity index (χ1) is 10.8. The molecule has 0 aliphatic carbocycles. The van der Waals surface area contributed by atoms with Crippen LogP contribution in [0.25, 0.3) is 10.2 Å². The Morgan fingerprint density at radius 1 is 1.17 bits per heavy atom. The molecule has 8 heteroatoms. The smallest absolute Gasteiger partial charge is 0.321 e. The van der Waals surface area contributed by atoms with E-state index in [1.165, 1.54) is 6.07 Å². The SMILES string of the molecule is O=C(Nc1ccc(Cl)cc1)c1cc2ncc(C(F)(F)F)cc2s1. The lowest BCUT2D eigenvalue weighted by Gasteiger charge is -2.04. The summed E-state index contributed by atoms with van der Waals surface area (Å²) >= 11 is 6.72. The second kappa shape index (κ2) is 5.82. The van der Waals surface area contributed by atoms with E-state index in [4.69, 9.17) is 11.6 Å². The second-order valence-corrected chi connectivity index (χ2v) is 6.20. The zero-order valence-electron chi connectivity index (χ0n) is 11.3. The first-order valence-electron chi connectivity index (χ1n) is 6.36. The lowest BCUT2D eigenvalue weighted by molar-refractivity contribution is -0.137. The minimum Gasteiger partial charge on any atom is -0.321 e. The summed E-state index contributed by atoms with van der Waals surface area (Å²) in [7, 11) is 0. The summed E-state index contributed by atoms with van der Waals surface area (Å²) < 4.78 is 38.3. The molecule has 0 unspecified atom stereocenters. The third-order valence-corrected chi connectivity index (χ3v) is 4.34. The van der Waals surface area contributed by atoms with Gasteiger partial charge < -0.3 is 5.32 Å². The molecule has 1 amide bonds. The van der Waals surface area contributed by atoms with Crippen LogP contribution in [0.15, 0.2) is 42.6 Å². The van der Waals surface area contributed by atoms with Crippen molar-refractivity contribution in [3.63, 3.8) is 0 Å². The summed E-state index contributed by atoms with van der Waals surface area (Å²) in [5.41, 5.74) is 0.0570. The fourth-order valence-electron chi connectivity index (χ4n) is 1.91. The quantitative estimate of drug-likeness (QED) is 0.684. The summed E-state index contributed by atoms with van der Waals surface area (Å²) in [6.07, 6.45) is -3.70. The van der Waals surface area contributed by atoms with Crippen LogP contribution >= 0.6 is 22.9 Å². The van der Waals surface area contributed by atoms with Crippen molar-refractivity contribution in [1.29, 1.82) is 0 Å². The number of halogens is 4. The third kappa shape index (κ3) is 3.46. The van der Waals surface area contributed by atoms with Crippen molar-refractivity contribution in [3.05, 3.63) is 58.1 Å².